The summed E-state index contributed by atoms with van der Waals surface area (Å²) in [6.45, 7) is 0. The molecule has 1 fully saturated rings. The van der Waals surface area contributed by atoms with Crippen LogP contribution in [0.3, 0.4) is 0 Å². The molecule has 1 aliphatic rings. The minimum atomic E-state index is -0.237. The molecule has 0 radical (unpaired) electrons. The first-order chi connectivity index (χ1) is 8.16. The molecule has 1 aromatic rings. The van der Waals surface area contributed by atoms with Gasteiger partial charge in [0.05, 0.1) is 10.4 Å². The first-order valence-electron chi connectivity index (χ1n) is 5.70. The van der Waals surface area contributed by atoms with Crippen LogP contribution in [0.5, 0.6) is 0 Å². The molecule has 5 nitrogen and oxygen atoms in total. The number of nitrogens with one attached hydrogen (secondary N) is 1. The zero-order valence-corrected chi connectivity index (χ0v) is 11.0. The molecule has 0 aromatic carbocycles. The minimum absolute atomic E-state index is 0.0578. The third-order valence-corrected chi connectivity index (χ3v) is 3.48. The van der Waals surface area contributed by atoms with Crippen molar-refractivity contribution in [3.8, 4) is 0 Å². The van der Waals surface area contributed by atoms with Gasteiger partial charge in [-0.15, -0.1) is 0 Å². The van der Waals surface area contributed by atoms with E-state index in [1.165, 1.54) is 0 Å². The third kappa shape index (κ3) is 3.15. The second kappa shape index (κ2) is 5.44. The highest BCUT2D eigenvalue weighted by atomic mass is 79.9. The van der Waals surface area contributed by atoms with Gasteiger partial charge in [-0.05, 0) is 28.8 Å². The van der Waals surface area contributed by atoms with Gasteiger partial charge in [-0.1, -0.05) is 12.8 Å². The second-order valence-corrected chi connectivity index (χ2v) is 5.18. The Balaban J connectivity index is 2.05. The van der Waals surface area contributed by atoms with Crippen molar-refractivity contribution >= 4 is 27.8 Å². The molecule has 0 bridgehead atoms. The number of carbonyl (C=O) groups is 1. The van der Waals surface area contributed by atoms with Crippen LogP contribution in [-0.2, 0) is 4.79 Å². The summed E-state index contributed by atoms with van der Waals surface area (Å²) in [4.78, 5) is 19.6. The molecule has 17 heavy (non-hydrogen) atoms. The molecule has 92 valence electrons. The summed E-state index contributed by atoms with van der Waals surface area (Å²) in [5, 5.41) is 3.20. The van der Waals surface area contributed by atoms with Crippen molar-refractivity contribution in [1.82, 2.24) is 9.97 Å². The number of anilines is 1. The normalized spacial score (nSPS) is 24.3. The van der Waals surface area contributed by atoms with Crippen molar-refractivity contribution in [2.24, 2.45) is 11.7 Å². The Morgan fingerprint density at radius 3 is 2.65 bits per heavy atom. The fraction of sp³-hybridized carbons (Fsp3) is 0.545. The average molecular weight is 299 g/mol. The molecule has 0 saturated heterocycles. The smallest absolute Gasteiger partial charge is 0.222 e. The maximum atomic E-state index is 11.3. The maximum absolute atomic E-state index is 11.3. The molecule has 1 aromatic heterocycles. The summed E-state index contributed by atoms with van der Waals surface area (Å²) < 4.78 is 0.832. The SMILES string of the molecule is NC(=O)[C@@H]1CCCC[C@@H]1Nc1ncc(Br)cn1. The van der Waals surface area contributed by atoms with Crippen LogP contribution in [-0.4, -0.2) is 21.9 Å². The van der Waals surface area contributed by atoms with Crippen LogP contribution in [0.4, 0.5) is 5.95 Å². The van der Waals surface area contributed by atoms with Gasteiger partial charge in [0.15, 0.2) is 0 Å². The standard InChI is InChI=1S/C11H15BrN4O/c12-7-5-14-11(15-6-7)16-9-4-2-1-3-8(9)10(13)17/h5-6,8-9H,1-4H2,(H2,13,17)(H,14,15,16)/t8-,9+/m1/s1. The summed E-state index contributed by atoms with van der Waals surface area (Å²) in [6, 6.07) is 0.0578. The molecular formula is C11H15BrN4O. The number of rotatable bonds is 3. The van der Waals surface area contributed by atoms with Gasteiger partial charge in [0.1, 0.15) is 0 Å². The zero-order valence-electron chi connectivity index (χ0n) is 9.40. The molecule has 0 unspecified atom stereocenters. The van der Waals surface area contributed by atoms with E-state index < -0.39 is 0 Å². The number of hydrogen-bond donors (Lipinski definition) is 2. The second-order valence-electron chi connectivity index (χ2n) is 4.27. The molecule has 1 aliphatic carbocycles. The van der Waals surface area contributed by atoms with Gasteiger partial charge in [-0.3, -0.25) is 4.79 Å². The van der Waals surface area contributed by atoms with Crippen molar-refractivity contribution in [1.29, 1.82) is 0 Å². The van der Waals surface area contributed by atoms with Crippen LogP contribution in [0, 0.1) is 5.92 Å². The Bertz CT molecular complexity index is 395. The van der Waals surface area contributed by atoms with Gasteiger partial charge in [0.2, 0.25) is 11.9 Å². The molecule has 1 amide bonds. The van der Waals surface area contributed by atoms with Crippen LogP contribution >= 0.6 is 15.9 Å². The molecular weight excluding hydrogens is 284 g/mol. The monoisotopic (exact) mass is 298 g/mol. The number of amides is 1. The number of nitrogens with zero attached hydrogens (tertiary/aromatic N) is 2. The highest BCUT2D eigenvalue weighted by Gasteiger charge is 2.29. The number of nitrogens with two attached hydrogens (primary N) is 1. The van der Waals surface area contributed by atoms with Crippen LogP contribution in [0.15, 0.2) is 16.9 Å². The van der Waals surface area contributed by atoms with Crippen molar-refractivity contribution in [2.45, 2.75) is 31.7 Å². The lowest BCUT2D eigenvalue weighted by atomic mass is 9.84. The molecule has 3 N–H and O–H groups in total. The average Bonchev–Trinajstić information content (AvgIpc) is 2.32. The summed E-state index contributed by atoms with van der Waals surface area (Å²) in [6.07, 6.45) is 7.32. The number of aromatic nitrogens is 2. The van der Waals surface area contributed by atoms with E-state index in [4.69, 9.17) is 5.73 Å². The first kappa shape index (κ1) is 12.3. The fourth-order valence-electron chi connectivity index (χ4n) is 2.20. The Morgan fingerprint density at radius 1 is 1.35 bits per heavy atom. The van der Waals surface area contributed by atoms with E-state index in [0.29, 0.717) is 5.95 Å². The quantitative estimate of drug-likeness (QED) is 0.890. The first-order valence-corrected chi connectivity index (χ1v) is 6.49. The van der Waals surface area contributed by atoms with Crippen LogP contribution in [0.2, 0.25) is 0 Å². The number of halogens is 1. The minimum Gasteiger partial charge on any atom is -0.369 e. The van der Waals surface area contributed by atoms with Crippen molar-refractivity contribution in [2.75, 3.05) is 5.32 Å². The predicted molar refractivity (Wildman–Crippen MR) is 68.3 cm³/mol. The Hall–Kier alpha value is -1.17. The number of carbonyl (C=O) groups excluding carboxylic acids is 1. The van der Waals surface area contributed by atoms with Gasteiger partial charge in [-0.2, -0.15) is 0 Å². The molecule has 1 saturated carbocycles. The zero-order chi connectivity index (χ0) is 12.3. The molecule has 0 aliphatic heterocycles. The van der Waals surface area contributed by atoms with E-state index in [1.807, 2.05) is 0 Å². The summed E-state index contributed by atoms with van der Waals surface area (Å²) >= 11 is 3.28. The van der Waals surface area contributed by atoms with Crippen LogP contribution < -0.4 is 11.1 Å². The molecule has 6 heteroatoms. The Morgan fingerprint density at radius 2 is 2.00 bits per heavy atom. The van der Waals surface area contributed by atoms with E-state index in [-0.39, 0.29) is 17.9 Å². The van der Waals surface area contributed by atoms with Crippen molar-refractivity contribution in [3.63, 3.8) is 0 Å². The highest BCUT2D eigenvalue weighted by Crippen LogP contribution is 2.26. The molecule has 0 spiro atoms. The maximum Gasteiger partial charge on any atom is 0.222 e. The Labute approximate surface area is 108 Å². The predicted octanol–water partition coefficient (Wildman–Crippen LogP) is 1.70. The molecule has 1 heterocycles. The van der Waals surface area contributed by atoms with Crippen molar-refractivity contribution < 1.29 is 4.79 Å². The topological polar surface area (TPSA) is 80.9 Å². The van der Waals surface area contributed by atoms with Crippen LogP contribution in [0.1, 0.15) is 25.7 Å². The van der Waals surface area contributed by atoms with E-state index >= 15 is 0 Å². The molecule has 2 atom stereocenters. The van der Waals surface area contributed by atoms with E-state index in [0.717, 1.165) is 30.2 Å². The Kier molecular flexibility index (Phi) is 3.93. The van der Waals surface area contributed by atoms with E-state index in [9.17, 15) is 4.79 Å². The van der Waals surface area contributed by atoms with Gasteiger partial charge >= 0.3 is 0 Å². The lowest BCUT2D eigenvalue weighted by Gasteiger charge is -2.29. The van der Waals surface area contributed by atoms with Gasteiger partial charge in [0, 0.05) is 18.4 Å². The van der Waals surface area contributed by atoms with Crippen LogP contribution in [0.25, 0.3) is 0 Å². The van der Waals surface area contributed by atoms with Gasteiger partial charge < -0.3 is 11.1 Å². The third-order valence-electron chi connectivity index (χ3n) is 3.07. The number of primary amides is 1. The van der Waals surface area contributed by atoms with E-state index in [1.54, 1.807) is 12.4 Å². The van der Waals surface area contributed by atoms with Gasteiger partial charge in [0.25, 0.3) is 0 Å². The lowest BCUT2D eigenvalue weighted by molar-refractivity contribution is -0.122. The van der Waals surface area contributed by atoms with Crippen molar-refractivity contribution in [3.05, 3.63) is 16.9 Å². The largest absolute Gasteiger partial charge is 0.369 e. The lowest BCUT2D eigenvalue weighted by Crippen LogP contribution is -2.40. The molecule has 2 rings (SSSR count). The summed E-state index contributed by atoms with van der Waals surface area (Å²) in [7, 11) is 0. The number of hydrogen-bond acceptors (Lipinski definition) is 4. The summed E-state index contributed by atoms with van der Waals surface area (Å²) in [5.41, 5.74) is 5.41. The fourth-order valence-corrected chi connectivity index (χ4v) is 2.40. The summed E-state index contributed by atoms with van der Waals surface area (Å²) in [5.74, 6) is 0.196. The highest BCUT2D eigenvalue weighted by molar-refractivity contribution is 9.10. The van der Waals surface area contributed by atoms with Gasteiger partial charge in [-0.25, -0.2) is 9.97 Å². The van der Waals surface area contributed by atoms with E-state index in [2.05, 4.69) is 31.2 Å².